The van der Waals surface area contributed by atoms with E-state index in [2.05, 4.69) is 15.0 Å². The van der Waals surface area contributed by atoms with Gasteiger partial charge in [-0.2, -0.15) is 4.98 Å². The highest BCUT2D eigenvalue weighted by Gasteiger charge is 2.03. The van der Waals surface area contributed by atoms with E-state index in [1.807, 2.05) is 0 Å². The maximum absolute atomic E-state index is 11.1. The summed E-state index contributed by atoms with van der Waals surface area (Å²) >= 11 is 0. The molecule has 58 valence electrons. The Balaban J connectivity index is 2.88. The van der Waals surface area contributed by atoms with E-state index in [9.17, 15) is 4.79 Å². The third-order valence-electron chi connectivity index (χ3n) is 1.52. The molecule has 0 unspecified atom stereocenters. The molecule has 0 amide bonds. The van der Waals surface area contributed by atoms with Crippen molar-refractivity contribution in [2.24, 2.45) is 0 Å². The molecule has 0 fully saturated rings. The molecule has 0 aromatic heterocycles. The largest absolute Gasteiger partial charge is 0.280 e. The van der Waals surface area contributed by atoms with Crippen LogP contribution in [-0.2, 0) is 0 Å². The molecule has 2 heterocycles. The first-order valence-corrected chi connectivity index (χ1v) is 3.43. The molecule has 0 aromatic carbocycles. The van der Waals surface area contributed by atoms with Crippen LogP contribution in [0.5, 0.6) is 0 Å². The Kier molecular flexibility index (Phi) is 1.51. The van der Waals surface area contributed by atoms with E-state index in [0.717, 1.165) is 0 Å². The van der Waals surface area contributed by atoms with Gasteiger partial charge >= 0.3 is 0 Å². The second-order valence-corrected chi connectivity index (χ2v) is 2.26. The Bertz CT molecular complexity index is 429. The van der Waals surface area contributed by atoms with Crippen LogP contribution in [0.15, 0.2) is 35.6 Å². The summed E-state index contributed by atoms with van der Waals surface area (Å²) < 4.78 is 0. The molecule has 0 N–H and O–H groups in total. The average Bonchev–Trinajstić information content (AvgIpc) is 2.30. The third-order valence-corrected chi connectivity index (χ3v) is 1.52. The molecular weight excluding hydrogens is 154 g/mol. The first-order chi connectivity index (χ1) is 5.88. The zero-order valence-corrected chi connectivity index (χ0v) is 6.14. The van der Waals surface area contributed by atoms with Gasteiger partial charge in [0.25, 0.3) is 5.56 Å². The lowest BCUT2D eigenvalue weighted by Gasteiger charge is -1.92. The van der Waals surface area contributed by atoms with Gasteiger partial charge in [0, 0.05) is 12.4 Å². The second kappa shape index (κ2) is 2.65. The van der Waals surface area contributed by atoms with Crippen molar-refractivity contribution in [1.82, 2.24) is 15.0 Å². The van der Waals surface area contributed by atoms with E-state index < -0.39 is 0 Å². The van der Waals surface area contributed by atoms with Crippen molar-refractivity contribution >= 4 is 0 Å². The normalized spacial score (nSPS) is 10.0. The molecule has 2 rings (SSSR count). The molecule has 2 aliphatic rings. The van der Waals surface area contributed by atoms with Gasteiger partial charge in [0.1, 0.15) is 6.33 Å². The molecule has 4 nitrogen and oxygen atoms in total. The monoisotopic (exact) mass is 159 g/mol. The van der Waals surface area contributed by atoms with Gasteiger partial charge < -0.3 is 0 Å². The molecule has 2 aliphatic heterocycles. The van der Waals surface area contributed by atoms with Gasteiger partial charge in [-0.1, -0.05) is 0 Å². The predicted octanol–water partition coefficient (Wildman–Crippen LogP) is 0.337. The van der Waals surface area contributed by atoms with Crippen LogP contribution in [0.25, 0.3) is 11.3 Å². The maximum Gasteiger partial charge on any atom is 0.280 e. The van der Waals surface area contributed by atoms with Crippen LogP contribution in [0, 0.1) is 0 Å². The van der Waals surface area contributed by atoms with Crippen molar-refractivity contribution in [3.8, 4) is 11.3 Å². The molecule has 4 heteroatoms. The maximum atomic E-state index is 11.1. The van der Waals surface area contributed by atoms with Gasteiger partial charge in [0.15, 0.2) is 0 Å². The fourth-order valence-corrected chi connectivity index (χ4v) is 0.963. The predicted molar refractivity (Wildman–Crippen MR) is 42.7 cm³/mol. The number of hydrogen-bond acceptors (Lipinski definition) is 4. The van der Waals surface area contributed by atoms with Crippen LogP contribution in [0.3, 0.4) is 0 Å². The topological polar surface area (TPSA) is 55.7 Å². The molecular formula is C8H5N3O. The van der Waals surface area contributed by atoms with E-state index in [0.29, 0.717) is 11.3 Å². The van der Waals surface area contributed by atoms with Crippen LogP contribution < -0.4 is 5.56 Å². The van der Waals surface area contributed by atoms with Crippen LogP contribution >= 0.6 is 0 Å². The summed E-state index contributed by atoms with van der Waals surface area (Å²) in [6.07, 6.45) is 4.40. The Morgan fingerprint density at radius 3 is 2.83 bits per heavy atom. The van der Waals surface area contributed by atoms with Crippen LogP contribution in [-0.4, -0.2) is 15.0 Å². The second-order valence-electron chi connectivity index (χ2n) is 2.26. The summed E-state index contributed by atoms with van der Waals surface area (Å²) in [5.74, 6) is 0. The first kappa shape index (κ1) is 6.84. The Morgan fingerprint density at radius 2 is 1.92 bits per heavy atom. The first-order valence-electron chi connectivity index (χ1n) is 3.43. The molecule has 0 radical (unpaired) electrons. The van der Waals surface area contributed by atoms with Crippen molar-refractivity contribution < 1.29 is 0 Å². The van der Waals surface area contributed by atoms with Crippen molar-refractivity contribution in [2.75, 3.05) is 0 Å². The summed E-state index contributed by atoms with van der Waals surface area (Å²) in [5, 5.41) is 0. The molecule has 0 aliphatic carbocycles. The van der Waals surface area contributed by atoms with Gasteiger partial charge in [-0.05, 0) is 12.1 Å². The highest BCUT2D eigenvalue weighted by atomic mass is 16.1. The number of nitrogens with zero attached hydrogens (tertiary/aromatic N) is 3. The Morgan fingerprint density at radius 1 is 1.08 bits per heavy atom. The lowest BCUT2D eigenvalue weighted by molar-refractivity contribution is 1.12. The minimum absolute atomic E-state index is 0.266. The number of fused-ring (bicyclic) bond motifs is 1. The van der Waals surface area contributed by atoms with Crippen molar-refractivity contribution in [2.45, 2.75) is 0 Å². The number of aromatic nitrogens is 3. The molecule has 0 aromatic rings. The highest BCUT2D eigenvalue weighted by molar-refractivity contribution is 5.56. The minimum atomic E-state index is -0.266. The van der Waals surface area contributed by atoms with Crippen molar-refractivity contribution in [3.05, 3.63) is 41.2 Å². The highest BCUT2D eigenvalue weighted by Crippen LogP contribution is 2.08. The fraction of sp³-hybridized carbons (Fsp3) is 0. The molecule has 0 saturated carbocycles. The summed E-state index contributed by atoms with van der Waals surface area (Å²) in [4.78, 5) is 22.5. The number of rotatable bonds is 0. The third kappa shape index (κ3) is 1.03. The summed E-state index contributed by atoms with van der Waals surface area (Å²) in [5.41, 5.74) is 0.848. The van der Waals surface area contributed by atoms with Crippen LogP contribution in [0.1, 0.15) is 0 Å². The Labute approximate surface area is 68.3 Å². The number of hydrogen-bond donors (Lipinski definition) is 0. The van der Waals surface area contributed by atoms with E-state index in [1.165, 1.54) is 6.33 Å². The molecule has 0 atom stereocenters. The molecule has 0 saturated heterocycles. The van der Waals surface area contributed by atoms with Gasteiger partial charge in [-0.25, -0.2) is 4.98 Å². The summed E-state index contributed by atoms with van der Waals surface area (Å²) in [6.45, 7) is 0. The Hall–Kier alpha value is -1.84. The van der Waals surface area contributed by atoms with Gasteiger partial charge in [-0.15, -0.1) is 0 Å². The molecule has 0 bridgehead atoms. The summed E-state index contributed by atoms with van der Waals surface area (Å²) in [7, 11) is 0. The summed E-state index contributed by atoms with van der Waals surface area (Å²) in [6, 6.07) is 3.29. The quantitative estimate of drug-likeness (QED) is 0.556. The standard InChI is InChI=1S/C8H5N3O/c12-8-6-1-3-9-4-2-7(6)10-5-11-8/h1-5H. The SMILES string of the molecule is O=c1ncnc2ccnccc1-2. The van der Waals surface area contributed by atoms with E-state index >= 15 is 0 Å². The molecule has 0 spiro atoms. The minimum Gasteiger partial charge on any atom is -0.267 e. The van der Waals surface area contributed by atoms with Gasteiger partial charge in [0.05, 0.1) is 11.3 Å². The van der Waals surface area contributed by atoms with E-state index in [-0.39, 0.29) is 5.56 Å². The zero-order valence-electron chi connectivity index (χ0n) is 6.14. The van der Waals surface area contributed by atoms with Crippen molar-refractivity contribution in [1.29, 1.82) is 0 Å². The van der Waals surface area contributed by atoms with Crippen molar-refractivity contribution in [3.63, 3.8) is 0 Å². The van der Waals surface area contributed by atoms with Crippen LogP contribution in [0.2, 0.25) is 0 Å². The lowest BCUT2D eigenvalue weighted by atomic mass is 10.2. The lowest BCUT2D eigenvalue weighted by Crippen LogP contribution is -2.08. The van der Waals surface area contributed by atoms with E-state index in [1.54, 1.807) is 24.5 Å². The average molecular weight is 159 g/mol. The van der Waals surface area contributed by atoms with Crippen LogP contribution in [0.4, 0.5) is 0 Å². The zero-order chi connectivity index (χ0) is 8.39. The van der Waals surface area contributed by atoms with Gasteiger partial charge in [-0.3, -0.25) is 9.78 Å². The fourth-order valence-electron chi connectivity index (χ4n) is 0.963. The van der Waals surface area contributed by atoms with E-state index in [4.69, 9.17) is 0 Å². The van der Waals surface area contributed by atoms with Gasteiger partial charge in [0.2, 0.25) is 0 Å². The smallest absolute Gasteiger partial charge is 0.267 e. The molecule has 12 heavy (non-hydrogen) atoms.